The monoisotopic (exact) mass is 243 g/mol. The van der Waals surface area contributed by atoms with Crippen molar-refractivity contribution in [1.82, 2.24) is 15.1 Å². The third kappa shape index (κ3) is 3.64. The molecule has 0 aromatic rings. The first-order valence-electron chi connectivity index (χ1n) is 6.15. The van der Waals surface area contributed by atoms with Gasteiger partial charge in [0, 0.05) is 44.2 Å². The SMILES string of the molecule is O=C(CN1CCSCC1)N1CCCNCC1. The van der Waals surface area contributed by atoms with Gasteiger partial charge in [0.25, 0.3) is 0 Å². The second-order valence-corrected chi connectivity index (χ2v) is 5.60. The van der Waals surface area contributed by atoms with Crippen molar-refractivity contribution in [2.24, 2.45) is 0 Å². The summed E-state index contributed by atoms with van der Waals surface area (Å²) in [5, 5.41) is 3.32. The molecule has 2 saturated heterocycles. The van der Waals surface area contributed by atoms with Crippen LogP contribution >= 0.6 is 11.8 Å². The molecular weight excluding hydrogens is 222 g/mol. The Morgan fingerprint density at radius 1 is 1.12 bits per heavy atom. The fraction of sp³-hybridized carbons (Fsp3) is 0.909. The van der Waals surface area contributed by atoms with Crippen LogP contribution in [0, 0.1) is 0 Å². The zero-order valence-corrected chi connectivity index (χ0v) is 10.6. The average Bonchev–Trinajstić information content (AvgIpc) is 2.59. The molecule has 0 aromatic heterocycles. The number of amides is 1. The highest BCUT2D eigenvalue weighted by atomic mass is 32.2. The van der Waals surface area contributed by atoms with E-state index < -0.39 is 0 Å². The van der Waals surface area contributed by atoms with Crippen molar-refractivity contribution in [3.05, 3.63) is 0 Å². The Morgan fingerprint density at radius 2 is 1.94 bits per heavy atom. The summed E-state index contributed by atoms with van der Waals surface area (Å²) in [6.07, 6.45) is 1.08. The van der Waals surface area contributed by atoms with E-state index in [0.29, 0.717) is 12.5 Å². The molecule has 2 aliphatic heterocycles. The minimum atomic E-state index is 0.315. The van der Waals surface area contributed by atoms with Crippen molar-refractivity contribution < 1.29 is 4.79 Å². The number of nitrogens with zero attached hydrogens (tertiary/aromatic N) is 2. The van der Waals surface area contributed by atoms with Gasteiger partial charge in [0.2, 0.25) is 5.91 Å². The molecular formula is C11H21N3OS. The molecule has 16 heavy (non-hydrogen) atoms. The highest BCUT2D eigenvalue weighted by Crippen LogP contribution is 2.09. The van der Waals surface area contributed by atoms with Gasteiger partial charge in [-0.3, -0.25) is 9.69 Å². The van der Waals surface area contributed by atoms with Crippen LogP contribution in [0.4, 0.5) is 0 Å². The van der Waals surface area contributed by atoms with E-state index in [4.69, 9.17) is 0 Å². The Morgan fingerprint density at radius 3 is 2.75 bits per heavy atom. The van der Waals surface area contributed by atoms with Crippen LogP contribution in [-0.2, 0) is 4.79 Å². The number of hydrogen-bond acceptors (Lipinski definition) is 4. The van der Waals surface area contributed by atoms with Gasteiger partial charge in [-0.1, -0.05) is 0 Å². The predicted octanol–water partition coefficient (Wildman–Crippen LogP) is -0.143. The molecule has 1 N–H and O–H groups in total. The second kappa shape index (κ2) is 6.47. The van der Waals surface area contributed by atoms with Crippen molar-refractivity contribution >= 4 is 17.7 Å². The summed E-state index contributed by atoms with van der Waals surface area (Å²) in [5.41, 5.74) is 0. The van der Waals surface area contributed by atoms with Gasteiger partial charge in [-0.2, -0.15) is 11.8 Å². The molecule has 0 aliphatic carbocycles. The first-order chi connectivity index (χ1) is 7.86. The van der Waals surface area contributed by atoms with Crippen LogP contribution in [-0.4, -0.2) is 73.0 Å². The van der Waals surface area contributed by atoms with Gasteiger partial charge in [-0.05, 0) is 13.0 Å². The van der Waals surface area contributed by atoms with E-state index in [2.05, 4.69) is 10.2 Å². The zero-order chi connectivity index (χ0) is 11.2. The van der Waals surface area contributed by atoms with Crippen LogP contribution in [0.3, 0.4) is 0 Å². The summed E-state index contributed by atoms with van der Waals surface area (Å²) in [4.78, 5) is 16.4. The predicted molar refractivity (Wildman–Crippen MR) is 67.8 cm³/mol. The first kappa shape index (κ1) is 12.2. The third-order valence-corrected chi connectivity index (χ3v) is 4.10. The van der Waals surface area contributed by atoms with Crippen molar-refractivity contribution in [2.75, 3.05) is 57.3 Å². The van der Waals surface area contributed by atoms with E-state index in [-0.39, 0.29) is 0 Å². The lowest BCUT2D eigenvalue weighted by atomic mass is 10.3. The maximum atomic E-state index is 12.1. The molecule has 0 radical (unpaired) electrons. The number of nitrogens with one attached hydrogen (secondary N) is 1. The van der Waals surface area contributed by atoms with Crippen molar-refractivity contribution in [3.63, 3.8) is 0 Å². The third-order valence-electron chi connectivity index (χ3n) is 3.16. The highest BCUT2D eigenvalue weighted by Gasteiger charge is 2.19. The molecule has 0 spiro atoms. The summed E-state index contributed by atoms with van der Waals surface area (Å²) in [5.74, 6) is 2.67. The molecule has 5 heteroatoms. The van der Waals surface area contributed by atoms with Gasteiger partial charge >= 0.3 is 0 Å². The molecule has 0 aromatic carbocycles. The minimum absolute atomic E-state index is 0.315. The maximum Gasteiger partial charge on any atom is 0.236 e. The van der Waals surface area contributed by atoms with E-state index in [0.717, 1.165) is 45.7 Å². The normalized spacial score (nSPS) is 24.1. The summed E-state index contributed by atoms with van der Waals surface area (Å²) in [6, 6.07) is 0. The van der Waals surface area contributed by atoms with E-state index in [1.54, 1.807) is 0 Å². The number of thioether (sulfide) groups is 1. The van der Waals surface area contributed by atoms with E-state index in [1.807, 2.05) is 16.7 Å². The summed E-state index contributed by atoms with van der Waals surface area (Å²) in [6.45, 7) is 6.56. The Bertz CT molecular complexity index is 223. The van der Waals surface area contributed by atoms with Crippen LogP contribution < -0.4 is 5.32 Å². The van der Waals surface area contributed by atoms with Crippen LogP contribution in [0.15, 0.2) is 0 Å². The van der Waals surface area contributed by atoms with Gasteiger partial charge < -0.3 is 10.2 Å². The molecule has 2 heterocycles. The lowest BCUT2D eigenvalue weighted by Crippen LogP contribution is -2.44. The number of hydrogen-bond donors (Lipinski definition) is 1. The van der Waals surface area contributed by atoms with Crippen LogP contribution in [0.5, 0.6) is 0 Å². The van der Waals surface area contributed by atoms with Gasteiger partial charge in [-0.25, -0.2) is 0 Å². The zero-order valence-electron chi connectivity index (χ0n) is 9.78. The fourth-order valence-electron chi connectivity index (χ4n) is 2.15. The van der Waals surface area contributed by atoms with Crippen molar-refractivity contribution in [3.8, 4) is 0 Å². The van der Waals surface area contributed by atoms with Crippen molar-refractivity contribution in [2.45, 2.75) is 6.42 Å². The summed E-state index contributed by atoms with van der Waals surface area (Å²) < 4.78 is 0. The Balaban J connectivity index is 1.76. The van der Waals surface area contributed by atoms with Crippen LogP contribution in [0.1, 0.15) is 6.42 Å². The molecule has 0 bridgehead atoms. The molecule has 2 aliphatic rings. The molecule has 92 valence electrons. The Hall–Kier alpha value is -0.260. The van der Waals surface area contributed by atoms with E-state index in [1.165, 1.54) is 11.5 Å². The molecule has 2 fully saturated rings. The van der Waals surface area contributed by atoms with E-state index >= 15 is 0 Å². The van der Waals surface area contributed by atoms with Gasteiger partial charge in [0.1, 0.15) is 0 Å². The topological polar surface area (TPSA) is 35.6 Å². The second-order valence-electron chi connectivity index (χ2n) is 4.37. The van der Waals surface area contributed by atoms with E-state index in [9.17, 15) is 4.79 Å². The van der Waals surface area contributed by atoms with Crippen molar-refractivity contribution in [1.29, 1.82) is 0 Å². The Labute approximate surface area is 102 Å². The molecule has 0 unspecified atom stereocenters. The smallest absolute Gasteiger partial charge is 0.236 e. The molecule has 0 atom stereocenters. The van der Waals surface area contributed by atoms with Crippen LogP contribution in [0.25, 0.3) is 0 Å². The lowest BCUT2D eigenvalue weighted by molar-refractivity contribution is -0.132. The Kier molecular flexibility index (Phi) is 4.93. The fourth-order valence-corrected chi connectivity index (χ4v) is 3.12. The number of carbonyl (C=O) groups is 1. The summed E-state index contributed by atoms with van der Waals surface area (Å²) >= 11 is 1.99. The van der Waals surface area contributed by atoms with Gasteiger partial charge in [-0.15, -0.1) is 0 Å². The van der Waals surface area contributed by atoms with Crippen LogP contribution in [0.2, 0.25) is 0 Å². The number of carbonyl (C=O) groups excluding carboxylic acids is 1. The standard InChI is InChI=1S/C11H21N3OS/c15-11(10-13-6-8-16-9-7-13)14-4-1-2-12-3-5-14/h12H,1-10H2. The minimum Gasteiger partial charge on any atom is -0.340 e. The molecule has 2 rings (SSSR count). The highest BCUT2D eigenvalue weighted by molar-refractivity contribution is 7.99. The molecule has 4 nitrogen and oxygen atoms in total. The lowest BCUT2D eigenvalue weighted by Gasteiger charge is -2.28. The van der Waals surface area contributed by atoms with Gasteiger partial charge in [0.05, 0.1) is 6.54 Å². The largest absolute Gasteiger partial charge is 0.340 e. The molecule has 1 amide bonds. The maximum absolute atomic E-state index is 12.1. The quantitative estimate of drug-likeness (QED) is 0.732. The molecule has 0 saturated carbocycles. The average molecular weight is 243 g/mol. The first-order valence-corrected chi connectivity index (χ1v) is 7.30. The number of rotatable bonds is 2. The van der Waals surface area contributed by atoms with Gasteiger partial charge in [0.15, 0.2) is 0 Å². The summed E-state index contributed by atoms with van der Waals surface area (Å²) in [7, 11) is 0.